The van der Waals surface area contributed by atoms with Gasteiger partial charge in [-0.05, 0) is 167 Å². The van der Waals surface area contributed by atoms with Crippen molar-refractivity contribution in [2.45, 2.75) is 177 Å². The molecular formula is C78H95N11O7. The zero-order chi connectivity index (χ0) is 70.1. The molecule has 4 aromatic heterocycles. The summed E-state index contributed by atoms with van der Waals surface area (Å²) in [6.45, 7) is 35.9. The van der Waals surface area contributed by atoms with E-state index >= 15 is 0 Å². The molecule has 0 unspecified atom stereocenters. The number of carbonyl (C=O) groups excluding carboxylic acids is 3. The average Bonchev–Trinajstić information content (AvgIpc) is 0.836. The van der Waals surface area contributed by atoms with E-state index in [0.29, 0.717) is 47.4 Å². The van der Waals surface area contributed by atoms with Crippen molar-refractivity contribution in [1.29, 1.82) is 0 Å². The topological polar surface area (TPSA) is 238 Å². The van der Waals surface area contributed by atoms with E-state index < -0.39 is 28.5 Å². The number of aromatic nitrogens is 6. The monoisotopic (exact) mass is 1300 g/mol. The number of carbonyl (C=O) groups is 3. The molecule has 0 aliphatic rings. The summed E-state index contributed by atoms with van der Waals surface area (Å²) in [6.07, 6.45) is 4.17. The third-order valence-electron chi connectivity index (χ3n) is 14.9. The Morgan fingerprint density at radius 2 is 0.958 bits per heavy atom. The Kier molecular flexibility index (Phi) is 21.8. The van der Waals surface area contributed by atoms with Crippen molar-refractivity contribution in [3.63, 3.8) is 0 Å². The standard InChI is InChI=1S/C39H46N6O4.C25H30N2O3.C14H19N3/c1-25-14-16-27(17-15-25)45-34(23-32(44-45)37(2,3)4)43-35(46)41-30-18-19-31(29-13-11-10-12-28(29)30)48-39(8,9)24-26-20-21-40-33(22-26)42-36(47)49-38(5,6)7;1-24(2,3)30-23(28)15-18-14-17(12-13-27-18)16-25(4,5)29-22-11-10-21(26)19-8-6-7-9-20(19)22;1-10-5-7-11(8-6-10)17-13(15)9-12(16-17)14(2,3)4/h10-23H,24H2,1-9H3,(H,40,42,47)(H2,41,43,46);6-14H,15-16,26H2,1-5H3;5-9H,15H2,1-4H3. The maximum atomic E-state index is 13.5. The fourth-order valence-corrected chi connectivity index (χ4v) is 10.5. The first-order valence-electron chi connectivity index (χ1n) is 32.3. The highest BCUT2D eigenvalue weighted by Crippen LogP contribution is 2.37. The summed E-state index contributed by atoms with van der Waals surface area (Å²) < 4.78 is 27.3. The van der Waals surface area contributed by atoms with Crippen molar-refractivity contribution in [3.05, 3.63) is 209 Å². The quantitative estimate of drug-likeness (QED) is 0.0475. The molecule has 0 bridgehead atoms. The number of esters is 1. The molecule has 0 fully saturated rings. The molecule has 0 saturated carbocycles. The van der Waals surface area contributed by atoms with E-state index in [1.54, 1.807) is 21.8 Å². The Labute approximate surface area is 565 Å². The van der Waals surface area contributed by atoms with E-state index in [9.17, 15) is 14.4 Å². The van der Waals surface area contributed by atoms with E-state index in [1.807, 2.05) is 222 Å². The first kappa shape index (κ1) is 71.6. The molecule has 4 heterocycles. The molecule has 0 atom stereocenters. The van der Waals surface area contributed by atoms with Crippen molar-refractivity contribution < 1.29 is 33.3 Å². The number of nitrogens with one attached hydrogen (secondary N) is 3. The number of hydrogen-bond acceptors (Lipinski definition) is 13. The largest absolute Gasteiger partial charge is 0.487 e. The number of nitrogen functional groups attached to an aromatic ring is 2. The molecule has 6 aromatic carbocycles. The zero-order valence-corrected chi connectivity index (χ0v) is 59.0. The lowest BCUT2D eigenvalue weighted by Crippen LogP contribution is -2.31. The predicted octanol–water partition coefficient (Wildman–Crippen LogP) is 17.6. The molecule has 0 aliphatic heterocycles. The van der Waals surface area contributed by atoms with Crippen LogP contribution in [-0.4, -0.2) is 70.0 Å². The molecular weight excluding hydrogens is 1200 g/mol. The number of hydrogen-bond donors (Lipinski definition) is 5. The number of ether oxygens (including phenoxy) is 4. The summed E-state index contributed by atoms with van der Waals surface area (Å²) in [7, 11) is 0. The van der Waals surface area contributed by atoms with Crippen LogP contribution in [0.1, 0.15) is 150 Å². The summed E-state index contributed by atoms with van der Waals surface area (Å²) in [6, 6.07) is 50.5. The van der Waals surface area contributed by atoms with Gasteiger partial charge < -0.3 is 35.7 Å². The number of fused-ring (bicyclic) bond motifs is 2. The maximum absolute atomic E-state index is 13.5. The van der Waals surface area contributed by atoms with Crippen LogP contribution in [0.4, 0.5) is 38.4 Å². The number of aryl methyl sites for hydroxylation is 2. The number of pyridine rings is 2. The molecule has 3 amide bonds. The molecule has 18 heteroatoms. The van der Waals surface area contributed by atoms with E-state index in [0.717, 1.165) is 72.4 Å². The first-order chi connectivity index (χ1) is 44.9. The van der Waals surface area contributed by atoms with E-state index in [2.05, 4.69) is 91.6 Å². The van der Waals surface area contributed by atoms with Gasteiger partial charge in [-0.2, -0.15) is 10.2 Å². The molecule has 7 N–H and O–H groups in total. The number of anilines is 5. The summed E-state index contributed by atoms with van der Waals surface area (Å²) in [4.78, 5) is 46.4. The smallest absolute Gasteiger partial charge is 0.413 e. The number of amides is 3. The minimum Gasteiger partial charge on any atom is -0.487 e. The molecule has 10 rings (SSSR count). The van der Waals surface area contributed by atoms with Gasteiger partial charge in [0.1, 0.15) is 51.4 Å². The Bertz CT molecular complexity index is 4350. The molecule has 0 radical (unpaired) electrons. The van der Waals surface area contributed by atoms with Crippen molar-refractivity contribution in [3.8, 4) is 22.9 Å². The van der Waals surface area contributed by atoms with Crippen LogP contribution in [0.25, 0.3) is 32.9 Å². The summed E-state index contributed by atoms with van der Waals surface area (Å²) in [5.41, 5.74) is 19.9. The second kappa shape index (κ2) is 29.2. The number of rotatable bonds is 15. The van der Waals surface area contributed by atoms with Crippen molar-refractivity contribution in [1.82, 2.24) is 29.5 Å². The number of nitrogens with zero attached hydrogens (tertiary/aromatic N) is 6. The van der Waals surface area contributed by atoms with E-state index in [-0.39, 0.29) is 29.3 Å². The lowest BCUT2D eigenvalue weighted by Gasteiger charge is -2.28. The fourth-order valence-electron chi connectivity index (χ4n) is 10.5. The van der Waals surface area contributed by atoms with Gasteiger partial charge in [0.05, 0.1) is 40.6 Å². The SMILES string of the molecule is CC(C)(C)OC(=O)Cc1cc(CC(C)(C)Oc2ccc(N)c3ccccc23)ccn1.Cc1ccc(-n2nc(C(C)(C)C)cc2N)cc1.Cc1ccc(-n2nc(C(C)(C)C)cc2NC(=O)Nc2ccc(OC(C)(C)Cc3ccnc(NC(=O)OC(C)(C)C)c3)c3ccccc23)cc1. The van der Waals surface area contributed by atoms with Gasteiger partial charge in [-0.15, -0.1) is 0 Å². The van der Waals surface area contributed by atoms with Crippen molar-refractivity contribution >= 4 is 68.5 Å². The number of benzene rings is 6. The Balaban J connectivity index is 0.000000211. The fraction of sp³-hybridized carbons (Fsp3) is 0.346. The van der Waals surface area contributed by atoms with Gasteiger partial charge in [0.25, 0.3) is 0 Å². The van der Waals surface area contributed by atoms with Crippen LogP contribution in [0, 0.1) is 13.8 Å². The van der Waals surface area contributed by atoms with Crippen LogP contribution in [0.3, 0.4) is 0 Å². The van der Waals surface area contributed by atoms with E-state index in [1.165, 1.54) is 5.56 Å². The Morgan fingerprint density at radius 1 is 0.479 bits per heavy atom. The van der Waals surface area contributed by atoms with Gasteiger partial charge in [0.2, 0.25) is 0 Å². The highest BCUT2D eigenvalue weighted by Gasteiger charge is 2.27. The first-order valence-corrected chi connectivity index (χ1v) is 32.3. The third-order valence-corrected chi connectivity index (χ3v) is 14.9. The molecule has 0 aliphatic carbocycles. The zero-order valence-electron chi connectivity index (χ0n) is 59.0. The van der Waals surface area contributed by atoms with Crippen LogP contribution in [0.2, 0.25) is 0 Å². The number of nitrogens with two attached hydrogens (primary N) is 2. The predicted molar refractivity (Wildman–Crippen MR) is 388 cm³/mol. The minimum absolute atomic E-state index is 0.0179. The minimum atomic E-state index is -0.626. The molecule has 96 heavy (non-hydrogen) atoms. The molecule has 0 spiro atoms. The van der Waals surface area contributed by atoms with Crippen LogP contribution in [0.5, 0.6) is 11.5 Å². The molecule has 504 valence electrons. The van der Waals surface area contributed by atoms with Crippen LogP contribution in [-0.2, 0) is 44.4 Å². The number of urea groups is 1. The van der Waals surface area contributed by atoms with Gasteiger partial charge in [-0.25, -0.2) is 23.9 Å². The normalized spacial score (nSPS) is 12.0. The molecule has 0 saturated heterocycles. The average molecular weight is 1300 g/mol. The summed E-state index contributed by atoms with van der Waals surface area (Å²) in [5, 5.41) is 21.8. The molecule has 18 nitrogen and oxygen atoms in total. The van der Waals surface area contributed by atoms with Crippen LogP contribution in [0.15, 0.2) is 170 Å². The van der Waals surface area contributed by atoms with Crippen molar-refractivity contribution in [2.75, 3.05) is 27.4 Å². The molecule has 10 aromatic rings. The van der Waals surface area contributed by atoms with Crippen LogP contribution < -0.4 is 36.9 Å². The van der Waals surface area contributed by atoms with Gasteiger partial charge in [-0.1, -0.05) is 125 Å². The van der Waals surface area contributed by atoms with Gasteiger partial charge >= 0.3 is 18.1 Å². The lowest BCUT2D eigenvalue weighted by molar-refractivity contribution is -0.154. The van der Waals surface area contributed by atoms with Crippen molar-refractivity contribution in [2.24, 2.45) is 0 Å². The van der Waals surface area contributed by atoms with Gasteiger partial charge in [-0.3, -0.25) is 20.4 Å². The second-order valence-electron chi connectivity index (χ2n) is 29.5. The van der Waals surface area contributed by atoms with Gasteiger partial charge in [0.15, 0.2) is 0 Å². The summed E-state index contributed by atoms with van der Waals surface area (Å²) in [5.74, 6) is 2.85. The van der Waals surface area contributed by atoms with Gasteiger partial charge in [0, 0.05) is 75.4 Å². The highest BCUT2D eigenvalue weighted by molar-refractivity contribution is 6.07. The van der Waals surface area contributed by atoms with E-state index in [4.69, 9.17) is 35.5 Å². The van der Waals surface area contributed by atoms with Crippen LogP contribution >= 0.6 is 0 Å². The Hall–Kier alpha value is -10.2. The second-order valence-corrected chi connectivity index (χ2v) is 29.5. The lowest BCUT2D eigenvalue weighted by atomic mass is 9.92. The Morgan fingerprint density at radius 3 is 1.50 bits per heavy atom. The third kappa shape index (κ3) is 20.4. The maximum Gasteiger partial charge on any atom is 0.413 e. The highest BCUT2D eigenvalue weighted by atomic mass is 16.6. The summed E-state index contributed by atoms with van der Waals surface area (Å²) >= 11 is 0.